The van der Waals surface area contributed by atoms with Gasteiger partial charge in [-0.2, -0.15) is 13.2 Å². The van der Waals surface area contributed by atoms with Crippen molar-refractivity contribution < 1.29 is 18.3 Å². The third-order valence-electron chi connectivity index (χ3n) is 1.98. The molecule has 0 radical (unpaired) electrons. The van der Waals surface area contributed by atoms with Gasteiger partial charge in [-0.05, 0) is 17.7 Å². The van der Waals surface area contributed by atoms with Crippen molar-refractivity contribution in [2.24, 2.45) is 5.73 Å². The second-order valence-electron chi connectivity index (χ2n) is 3.33. The van der Waals surface area contributed by atoms with Crippen LogP contribution in [-0.4, -0.2) is 17.8 Å². The summed E-state index contributed by atoms with van der Waals surface area (Å²) in [4.78, 5) is 0. The van der Waals surface area contributed by atoms with Crippen molar-refractivity contribution >= 4 is 6.08 Å². The zero-order valence-corrected chi connectivity index (χ0v) is 8.41. The van der Waals surface area contributed by atoms with Crippen LogP contribution in [0.4, 0.5) is 13.2 Å². The van der Waals surface area contributed by atoms with Crippen LogP contribution in [0.15, 0.2) is 30.3 Å². The van der Waals surface area contributed by atoms with Crippen LogP contribution in [0.3, 0.4) is 0 Å². The fourth-order valence-electron chi connectivity index (χ4n) is 1.08. The largest absolute Gasteiger partial charge is 0.416 e. The van der Waals surface area contributed by atoms with Gasteiger partial charge < -0.3 is 10.8 Å². The molecule has 2 nitrogen and oxygen atoms in total. The average Bonchev–Trinajstić information content (AvgIpc) is 2.25. The summed E-state index contributed by atoms with van der Waals surface area (Å²) in [7, 11) is 0. The third-order valence-corrected chi connectivity index (χ3v) is 1.98. The van der Waals surface area contributed by atoms with Gasteiger partial charge in [0.25, 0.3) is 0 Å². The van der Waals surface area contributed by atoms with Crippen LogP contribution in [0.25, 0.3) is 6.08 Å². The van der Waals surface area contributed by atoms with Crippen LogP contribution < -0.4 is 5.73 Å². The Kier molecular flexibility index (Phi) is 4.09. The van der Waals surface area contributed by atoms with Gasteiger partial charge in [0.15, 0.2) is 0 Å². The molecule has 0 aliphatic carbocycles. The summed E-state index contributed by atoms with van der Waals surface area (Å²) in [6.45, 7) is -0.197. The minimum Gasteiger partial charge on any atom is -0.394 e. The first-order chi connectivity index (χ1) is 7.43. The minimum absolute atomic E-state index is 0.197. The van der Waals surface area contributed by atoms with E-state index < -0.39 is 17.8 Å². The summed E-state index contributed by atoms with van der Waals surface area (Å²) in [5, 5.41) is 8.64. The third kappa shape index (κ3) is 3.67. The Balaban J connectivity index is 2.76. The molecule has 0 aliphatic heterocycles. The summed E-state index contributed by atoms with van der Waals surface area (Å²) in [6.07, 6.45) is -1.21. The number of halogens is 3. The lowest BCUT2D eigenvalue weighted by Gasteiger charge is -2.06. The van der Waals surface area contributed by atoms with Crippen molar-refractivity contribution in [1.29, 1.82) is 0 Å². The number of rotatable bonds is 3. The maximum absolute atomic E-state index is 12.2. The molecule has 1 aromatic rings. The molecule has 1 aromatic carbocycles. The van der Waals surface area contributed by atoms with Crippen LogP contribution in [0, 0.1) is 0 Å². The number of hydrogen-bond acceptors (Lipinski definition) is 2. The molecule has 0 saturated heterocycles. The van der Waals surface area contributed by atoms with E-state index in [9.17, 15) is 13.2 Å². The molecule has 0 amide bonds. The van der Waals surface area contributed by atoms with Gasteiger partial charge in [0.1, 0.15) is 0 Å². The highest BCUT2D eigenvalue weighted by molar-refractivity contribution is 5.50. The zero-order chi connectivity index (χ0) is 12.2. The SMILES string of the molecule is NC(/C=C/c1ccc(C(F)(F)F)cc1)CO. The number of aliphatic hydroxyl groups excluding tert-OH is 1. The summed E-state index contributed by atoms with van der Waals surface area (Å²) in [5.41, 5.74) is 5.33. The highest BCUT2D eigenvalue weighted by Gasteiger charge is 2.29. The van der Waals surface area contributed by atoms with E-state index in [4.69, 9.17) is 10.8 Å². The Morgan fingerprint density at radius 1 is 1.25 bits per heavy atom. The van der Waals surface area contributed by atoms with E-state index in [0.29, 0.717) is 5.56 Å². The highest BCUT2D eigenvalue weighted by atomic mass is 19.4. The van der Waals surface area contributed by atoms with Crippen molar-refractivity contribution in [3.05, 3.63) is 41.5 Å². The van der Waals surface area contributed by atoms with Crippen LogP contribution in [-0.2, 0) is 6.18 Å². The predicted octanol–water partition coefficient (Wildman–Crippen LogP) is 2.04. The molecule has 0 saturated carbocycles. The molecule has 3 N–H and O–H groups in total. The van der Waals surface area contributed by atoms with Crippen LogP contribution in [0.1, 0.15) is 11.1 Å². The molecular weight excluding hydrogens is 219 g/mol. The number of alkyl halides is 3. The van der Waals surface area contributed by atoms with Crippen molar-refractivity contribution in [2.45, 2.75) is 12.2 Å². The molecule has 1 unspecified atom stereocenters. The summed E-state index contributed by atoms with van der Waals surface area (Å²) in [5.74, 6) is 0. The molecule has 5 heteroatoms. The van der Waals surface area contributed by atoms with E-state index in [1.54, 1.807) is 6.08 Å². The van der Waals surface area contributed by atoms with Crippen molar-refractivity contribution in [2.75, 3.05) is 6.61 Å². The average molecular weight is 231 g/mol. The molecule has 88 valence electrons. The molecule has 0 heterocycles. The standard InChI is InChI=1S/C11H12F3NO/c12-11(13,14)9-4-1-8(2-5-9)3-6-10(15)7-16/h1-6,10,16H,7,15H2/b6-3+. The summed E-state index contributed by atoms with van der Waals surface area (Å²) in [6, 6.07) is 4.21. The number of hydrogen-bond donors (Lipinski definition) is 2. The molecule has 1 rings (SSSR count). The van der Waals surface area contributed by atoms with Gasteiger partial charge in [-0.25, -0.2) is 0 Å². The van der Waals surface area contributed by atoms with E-state index >= 15 is 0 Å². The zero-order valence-electron chi connectivity index (χ0n) is 8.41. The minimum atomic E-state index is -4.32. The van der Waals surface area contributed by atoms with Crippen molar-refractivity contribution in [3.63, 3.8) is 0 Å². The molecule has 16 heavy (non-hydrogen) atoms. The highest BCUT2D eigenvalue weighted by Crippen LogP contribution is 2.29. The fraction of sp³-hybridized carbons (Fsp3) is 0.273. The molecule has 0 fully saturated rings. The molecule has 0 aliphatic rings. The number of benzene rings is 1. The first-order valence-corrected chi connectivity index (χ1v) is 4.65. The van der Waals surface area contributed by atoms with Gasteiger partial charge in [-0.1, -0.05) is 24.3 Å². The molecule has 1 atom stereocenters. The maximum atomic E-state index is 12.2. The lowest BCUT2D eigenvalue weighted by atomic mass is 10.1. The topological polar surface area (TPSA) is 46.2 Å². The second-order valence-corrected chi connectivity index (χ2v) is 3.33. The lowest BCUT2D eigenvalue weighted by Crippen LogP contribution is -2.20. The smallest absolute Gasteiger partial charge is 0.394 e. The first kappa shape index (κ1) is 12.7. The predicted molar refractivity (Wildman–Crippen MR) is 55.5 cm³/mol. The van der Waals surface area contributed by atoms with E-state index in [1.165, 1.54) is 18.2 Å². The molecule has 0 spiro atoms. The number of aliphatic hydroxyl groups is 1. The fourth-order valence-corrected chi connectivity index (χ4v) is 1.08. The van der Waals surface area contributed by atoms with Crippen LogP contribution in [0.5, 0.6) is 0 Å². The second kappa shape index (κ2) is 5.14. The van der Waals surface area contributed by atoms with E-state index in [2.05, 4.69) is 0 Å². The van der Waals surface area contributed by atoms with Gasteiger partial charge in [0.2, 0.25) is 0 Å². The molecule has 0 aromatic heterocycles. The Labute approximate surface area is 91.2 Å². The number of nitrogens with two attached hydrogens (primary N) is 1. The van der Waals surface area contributed by atoms with Crippen LogP contribution in [0.2, 0.25) is 0 Å². The Morgan fingerprint density at radius 2 is 1.81 bits per heavy atom. The Morgan fingerprint density at radius 3 is 2.25 bits per heavy atom. The monoisotopic (exact) mass is 231 g/mol. The first-order valence-electron chi connectivity index (χ1n) is 4.65. The molecular formula is C11H12F3NO. The van der Waals surface area contributed by atoms with Crippen molar-refractivity contribution in [3.8, 4) is 0 Å². The summed E-state index contributed by atoms with van der Waals surface area (Å²) >= 11 is 0. The van der Waals surface area contributed by atoms with Gasteiger partial charge in [-0.15, -0.1) is 0 Å². The normalized spacial score (nSPS) is 14.3. The van der Waals surface area contributed by atoms with Crippen LogP contribution >= 0.6 is 0 Å². The Bertz CT molecular complexity index is 356. The lowest BCUT2D eigenvalue weighted by molar-refractivity contribution is -0.137. The summed E-state index contributed by atoms with van der Waals surface area (Å²) < 4.78 is 36.7. The van der Waals surface area contributed by atoms with E-state index in [-0.39, 0.29) is 6.61 Å². The van der Waals surface area contributed by atoms with Gasteiger partial charge in [0, 0.05) is 6.04 Å². The molecule has 0 bridgehead atoms. The Hall–Kier alpha value is -1.33. The van der Waals surface area contributed by atoms with E-state index in [1.807, 2.05) is 0 Å². The quantitative estimate of drug-likeness (QED) is 0.836. The van der Waals surface area contributed by atoms with E-state index in [0.717, 1.165) is 12.1 Å². The maximum Gasteiger partial charge on any atom is 0.416 e. The van der Waals surface area contributed by atoms with Crippen molar-refractivity contribution in [1.82, 2.24) is 0 Å². The van der Waals surface area contributed by atoms with Gasteiger partial charge in [0.05, 0.1) is 12.2 Å². The van der Waals surface area contributed by atoms with Gasteiger partial charge >= 0.3 is 6.18 Å². The van der Waals surface area contributed by atoms with Gasteiger partial charge in [-0.3, -0.25) is 0 Å².